The lowest BCUT2D eigenvalue weighted by atomic mass is 9.82. The van der Waals surface area contributed by atoms with Gasteiger partial charge >= 0.3 is 0 Å². The lowest BCUT2D eigenvalue weighted by Gasteiger charge is -2.31. The molecule has 0 spiro atoms. The van der Waals surface area contributed by atoms with E-state index in [1.165, 1.54) is 54.6 Å². The third-order valence-corrected chi connectivity index (χ3v) is 12.8. The molecule has 0 amide bonds. The fourth-order valence-electron chi connectivity index (χ4n) is 9.91. The maximum absolute atomic E-state index is 7.47. The van der Waals surface area contributed by atoms with Crippen LogP contribution in [0.5, 0.6) is 11.5 Å². The molecule has 0 aromatic heterocycles. The van der Waals surface area contributed by atoms with Crippen LogP contribution in [-0.4, -0.2) is 0 Å². The minimum absolute atomic E-state index is 0.171. The van der Waals surface area contributed by atoms with E-state index in [1.807, 2.05) is 0 Å². The summed E-state index contributed by atoms with van der Waals surface area (Å²) >= 11 is 0. The van der Waals surface area contributed by atoms with Gasteiger partial charge < -0.3 is 9.64 Å². The highest BCUT2D eigenvalue weighted by molar-refractivity contribution is 6.15. The standard InChI is InChI=1S/C57H39NO/c1-57(2)51-25-13-12-22-44(51)45-30-28-41(35-52(45)57)58(54-33-40-19-8-9-20-42(40)43-21-10-11-23-46(43)54)53-26-14-24-48-50-32-38-18-7-6-17-37(38)31-49(50)47-29-27-39(34-55(47)59-56(48)53)36-15-4-3-5-16-36/h3-35H,1-2H3. The Morgan fingerprint density at radius 3 is 1.81 bits per heavy atom. The van der Waals surface area contributed by atoms with Gasteiger partial charge in [-0.15, -0.1) is 0 Å². The molecule has 10 aromatic rings. The van der Waals surface area contributed by atoms with Crippen molar-refractivity contribution in [3.05, 3.63) is 211 Å². The van der Waals surface area contributed by atoms with Gasteiger partial charge in [0.1, 0.15) is 5.75 Å². The molecule has 1 heterocycles. The topological polar surface area (TPSA) is 12.5 Å². The van der Waals surface area contributed by atoms with Crippen molar-refractivity contribution in [3.8, 4) is 56.0 Å². The van der Waals surface area contributed by atoms with Crippen LogP contribution in [0.25, 0.3) is 76.8 Å². The van der Waals surface area contributed by atoms with E-state index >= 15 is 0 Å². The number of anilines is 3. The fraction of sp³-hybridized carbons (Fsp3) is 0.0526. The van der Waals surface area contributed by atoms with Gasteiger partial charge in [-0.3, -0.25) is 0 Å². The quantitative estimate of drug-likeness (QED) is 0.166. The molecule has 0 radical (unpaired) electrons. The Bertz CT molecular complexity index is 3340. The van der Waals surface area contributed by atoms with Crippen LogP contribution in [0.3, 0.4) is 0 Å². The predicted octanol–water partition coefficient (Wildman–Crippen LogP) is 16.0. The SMILES string of the molecule is CC1(C)c2ccccc2-c2ccc(N(c3cccc4c3Oc3cc(-c5ccccc5)ccc3-c3cc5ccccc5cc3-4)c3cc4ccccc4c4ccccc34)cc21. The summed E-state index contributed by atoms with van der Waals surface area (Å²) < 4.78 is 7.47. The molecular formula is C57H39NO. The van der Waals surface area contributed by atoms with Crippen molar-refractivity contribution in [2.24, 2.45) is 0 Å². The summed E-state index contributed by atoms with van der Waals surface area (Å²) in [4.78, 5) is 2.46. The first-order valence-electron chi connectivity index (χ1n) is 20.5. The second-order valence-corrected chi connectivity index (χ2v) is 16.5. The van der Waals surface area contributed by atoms with Crippen LogP contribution < -0.4 is 9.64 Å². The molecule has 12 rings (SSSR count). The zero-order chi connectivity index (χ0) is 39.2. The molecule has 0 bridgehead atoms. The Balaban J connectivity index is 1.17. The van der Waals surface area contributed by atoms with Crippen LogP contribution in [0.2, 0.25) is 0 Å². The maximum atomic E-state index is 7.47. The van der Waals surface area contributed by atoms with Crippen molar-refractivity contribution < 1.29 is 4.74 Å². The normalized spacial score (nSPS) is 13.2. The number of rotatable bonds is 4. The van der Waals surface area contributed by atoms with Crippen LogP contribution >= 0.6 is 0 Å². The Hall–Kier alpha value is -7.42. The summed E-state index contributed by atoms with van der Waals surface area (Å²) in [6.45, 7) is 4.72. The molecule has 0 saturated carbocycles. The molecule has 2 heteroatoms. The number of benzene rings is 10. The molecule has 10 aromatic carbocycles. The lowest BCUT2D eigenvalue weighted by molar-refractivity contribution is 0.489. The van der Waals surface area contributed by atoms with Crippen molar-refractivity contribution >= 4 is 49.4 Å². The summed E-state index contributed by atoms with van der Waals surface area (Å²) in [5.41, 5.74) is 15.0. The first-order chi connectivity index (χ1) is 29.0. The van der Waals surface area contributed by atoms with Gasteiger partial charge in [-0.05, 0) is 120 Å². The van der Waals surface area contributed by atoms with Gasteiger partial charge in [0.2, 0.25) is 0 Å². The van der Waals surface area contributed by atoms with Gasteiger partial charge in [0.15, 0.2) is 5.75 Å². The number of nitrogens with zero attached hydrogens (tertiary/aromatic N) is 1. The summed E-state index contributed by atoms with van der Waals surface area (Å²) in [6, 6.07) is 73.2. The largest absolute Gasteiger partial charge is 0.454 e. The van der Waals surface area contributed by atoms with E-state index in [-0.39, 0.29) is 5.41 Å². The highest BCUT2D eigenvalue weighted by atomic mass is 16.5. The first-order valence-corrected chi connectivity index (χ1v) is 20.5. The number of ether oxygens (including phenoxy) is 1. The van der Waals surface area contributed by atoms with Crippen molar-refractivity contribution in [1.82, 2.24) is 0 Å². The molecular weight excluding hydrogens is 715 g/mol. The van der Waals surface area contributed by atoms with Crippen molar-refractivity contribution in [2.75, 3.05) is 4.90 Å². The zero-order valence-corrected chi connectivity index (χ0v) is 32.9. The Labute approximate surface area is 344 Å². The van der Waals surface area contributed by atoms with Crippen LogP contribution in [0, 0.1) is 0 Å². The third-order valence-electron chi connectivity index (χ3n) is 12.8. The van der Waals surface area contributed by atoms with E-state index in [0.717, 1.165) is 61.9 Å². The molecule has 278 valence electrons. The van der Waals surface area contributed by atoms with Crippen molar-refractivity contribution in [1.29, 1.82) is 0 Å². The zero-order valence-electron chi connectivity index (χ0n) is 32.9. The average molecular weight is 754 g/mol. The molecule has 0 N–H and O–H groups in total. The molecule has 59 heavy (non-hydrogen) atoms. The van der Waals surface area contributed by atoms with E-state index in [4.69, 9.17) is 4.74 Å². The van der Waals surface area contributed by atoms with Crippen molar-refractivity contribution in [2.45, 2.75) is 19.3 Å². The van der Waals surface area contributed by atoms with E-state index in [9.17, 15) is 0 Å². The molecule has 0 unspecified atom stereocenters. The van der Waals surface area contributed by atoms with Crippen LogP contribution in [0.4, 0.5) is 17.1 Å². The number of fused-ring (bicyclic) bond motifs is 12. The summed E-state index contributed by atoms with van der Waals surface area (Å²) in [5, 5.41) is 7.23. The van der Waals surface area contributed by atoms with E-state index in [2.05, 4.69) is 219 Å². The van der Waals surface area contributed by atoms with E-state index < -0.39 is 0 Å². The maximum Gasteiger partial charge on any atom is 0.159 e. The van der Waals surface area contributed by atoms with Crippen LogP contribution in [0.1, 0.15) is 25.0 Å². The van der Waals surface area contributed by atoms with E-state index in [0.29, 0.717) is 0 Å². The number of para-hydroxylation sites is 1. The molecule has 1 aliphatic carbocycles. The van der Waals surface area contributed by atoms with Crippen LogP contribution in [-0.2, 0) is 5.41 Å². The highest BCUT2D eigenvalue weighted by Gasteiger charge is 2.36. The summed E-state index contributed by atoms with van der Waals surface area (Å²) in [7, 11) is 0. The summed E-state index contributed by atoms with van der Waals surface area (Å²) in [5.74, 6) is 1.66. The monoisotopic (exact) mass is 753 g/mol. The van der Waals surface area contributed by atoms with Gasteiger partial charge in [-0.1, -0.05) is 166 Å². The fourth-order valence-corrected chi connectivity index (χ4v) is 9.91. The Morgan fingerprint density at radius 2 is 1.00 bits per heavy atom. The Kier molecular flexibility index (Phi) is 7.31. The molecule has 1 aliphatic heterocycles. The van der Waals surface area contributed by atoms with Crippen LogP contribution in [0.15, 0.2) is 200 Å². The van der Waals surface area contributed by atoms with Crippen molar-refractivity contribution in [3.63, 3.8) is 0 Å². The minimum Gasteiger partial charge on any atom is -0.454 e. The molecule has 0 atom stereocenters. The average Bonchev–Trinajstić information content (AvgIpc) is 3.42. The molecule has 0 saturated heterocycles. The number of hydrogen-bond donors (Lipinski definition) is 0. The Morgan fingerprint density at radius 1 is 0.373 bits per heavy atom. The predicted molar refractivity (Wildman–Crippen MR) is 248 cm³/mol. The van der Waals surface area contributed by atoms with E-state index in [1.54, 1.807) is 0 Å². The van der Waals surface area contributed by atoms with Gasteiger partial charge in [-0.25, -0.2) is 0 Å². The highest BCUT2D eigenvalue weighted by Crippen LogP contribution is 2.56. The first kappa shape index (κ1) is 33.7. The van der Waals surface area contributed by atoms with Gasteiger partial charge in [-0.2, -0.15) is 0 Å². The second kappa shape index (κ2) is 12.8. The lowest BCUT2D eigenvalue weighted by Crippen LogP contribution is -2.17. The summed E-state index contributed by atoms with van der Waals surface area (Å²) in [6.07, 6.45) is 0. The number of hydrogen-bond acceptors (Lipinski definition) is 2. The van der Waals surface area contributed by atoms with Gasteiger partial charge in [0, 0.05) is 27.6 Å². The second-order valence-electron chi connectivity index (χ2n) is 16.5. The molecule has 0 fully saturated rings. The van der Waals surface area contributed by atoms with Gasteiger partial charge in [0.05, 0.1) is 11.4 Å². The smallest absolute Gasteiger partial charge is 0.159 e. The molecule has 2 nitrogen and oxygen atoms in total. The minimum atomic E-state index is -0.171. The van der Waals surface area contributed by atoms with Gasteiger partial charge in [0.25, 0.3) is 0 Å². The molecule has 2 aliphatic rings. The third kappa shape index (κ3) is 5.13.